The van der Waals surface area contributed by atoms with Gasteiger partial charge in [-0.25, -0.2) is 4.98 Å². The van der Waals surface area contributed by atoms with E-state index in [1.54, 1.807) is 25.3 Å². The number of anilines is 1. The van der Waals surface area contributed by atoms with Crippen molar-refractivity contribution in [3.05, 3.63) is 23.9 Å². The van der Waals surface area contributed by atoms with E-state index in [1.807, 2.05) is 13.0 Å². The standard InChI is InChI=1S/C12H17N3O/c1-3-5-12(2,16)9-15-11-7-10(8-13)4-6-14-11/h4,6-7,16H,3,5,9H2,1-2H3,(H,14,15). The Morgan fingerprint density at radius 1 is 1.62 bits per heavy atom. The number of hydrogen-bond acceptors (Lipinski definition) is 4. The van der Waals surface area contributed by atoms with Gasteiger partial charge in [0.1, 0.15) is 5.82 Å². The molecule has 0 radical (unpaired) electrons. The number of aliphatic hydroxyl groups is 1. The maximum absolute atomic E-state index is 9.95. The fourth-order valence-electron chi connectivity index (χ4n) is 1.50. The topological polar surface area (TPSA) is 68.9 Å². The maximum atomic E-state index is 9.95. The lowest BCUT2D eigenvalue weighted by Crippen LogP contribution is -2.33. The van der Waals surface area contributed by atoms with E-state index < -0.39 is 5.60 Å². The maximum Gasteiger partial charge on any atom is 0.127 e. The lowest BCUT2D eigenvalue weighted by Gasteiger charge is -2.23. The van der Waals surface area contributed by atoms with Crippen molar-refractivity contribution >= 4 is 5.82 Å². The molecule has 0 aromatic carbocycles. The number of aromatic nitrogens is 1. The van der Waals surface area contributed by atoms with Crippen LogP contribution in [-0.2, 0) is 0 Å². The van der Waals surface area contributed by atoms with Crippen LogP contribution in [0.15, 0.2) is 18.3 Å². The highest BCUT2D eigenvalue weighted by Gasteiger charge is 2.18. The van der Waals surface area contributed by atoms with Crippen molar-refractivity contribution in [2.75, 3.05) is 11.9 Å². The van der Waals surface area contributed by atoms with Crippen LogP contribution < -0.4 is 5.32 Å². The second-order valence-electron chi connectivity index (χ2n) is 4.14. The van der Waals surface area contributed by atoms with Gasteiger partial charge in [0.2, 0.25) is 0 Å². The summed E-state index contributed by atoms with van der Waals surface area (Å²) < 4.78 is 0. The van der Waals surface area contributed by atoms with Crippen molar-refractivity contribution in [1.82, 2.24) is 4.98 Å². The smallest absolute Gasteiger partial charge is 0.127 e. The number of pyridine rings is 1. The highest BCUT2D eigenvalue weighted by atomic mass is 16.3. The molecule has 4 heteroatoms. The van der Waals surface area contributed by atoms with Gasteiger partial charge in [-0.05, 0) is 25.5 Å². The summed E-state index contributed by atoms with van der Waals surface area (Å²) in [5.41, 5.74) is -0.174. The van der Waals surface area contributed by atoms with Crippen LogP contribution in [0, 0.1) is 11.3 Å². The molecule has 1 aromatic rings. The average molecular weight is 219 g/mol. The number of nitrogens with zero attached hydrogens (tertiary/aromatic N) is 2. The van der Waals surface area contributed by atoms with Crippen LogP contribution in [0.1, 0.15) is 32.3 Å². The third-order valence-corrected chi connectivity index (χ3v) is 2.33. The van der Waals surface area contributed by atoms with Crippen LogP contribution in [0.25, 0.3) is 0 Å². The predicted molar refractivity (Wildman–Crippen MR) is 63.0 cm³/mol. The monoisotopic (exact) mass is 219 g/mol. The zero-order valence-corrected chi connectivity index (χ0v) is 9.70. The Morgan fingerprint density at radius 2 is 2.38 bits per heavy atom. The van der Waals surface area contributed by atoms with Crippen molar-refractivity contribution < 1.29 is 5.11 Å². The third-order valence-electron chi connectivity index (χ3n) is 2.33. The highest BCUT2D eigenvalue weighted by Crippen LogP contribution is 2.13. The van der Waals surface area contributed by atoms with E-state index >= 15 is 0 Å². The summed E-state index contributed by atoms with van der Waals surface area (Å²) >= 11 is 0. The van der Waals surface area contributed by atoms with Gasteiger partial charge in [0.05, 0.1) is 17.2 Å². The van der Waals surface area contributed by atoms with Gasteiger partial charge in [0, 0.05) is 12.7 Å². The van der Waals surface area contributed by atoms with E-state index in [9.17, 15) is 5.11 Å². The molecule has 0 aliphatic heterocycles. The lowest BCUT2D eigenvalue weighted by molar-refractivity contribution is 0.0636. The molecular formula is C12H17N3O. The Hall–Kier alpha value is -1.60. The van der Waals surface area contributed by atoms with Gasteiger partial charge in [0.15, 0.2) is 0 Å². The van der Waals surface area contributed by atoms with Gasteiger partial charge in [-0.3, -0.25) is 0 Å². The first-order valence-corrected chi connectivity index (χ1v) is 5.40. The third kappa shape index (κ3) is 3.87. The van der Waals surface area contributed by atoms with Gasteiger partial charge < -0.3 is 10.4 Å². The first-order valence-electron chi connectivity index (χ1n) is 5.40. The van der Waals surface area contributed by atoms with Crippen molar-refractivity contribution in [3.63, 3.8) is 0 Å². The molecule has 0 amide bonds. The van der Waals surface area contributed by atoms with Gasteiger partial charge in [-0.15, -0.1) is 0 Å². The van der Waals surface area contributed by atoms with Crippen LogP contribution in [0.3, 0.4) is 0 Å². The molecule has 86 valence electrons. The minimum atomic E-state index is -0.737. The molecule has 4 nitrogen and oxygen atoms in total. The number of rotatable bonds is 5. The summed E-state index contributed by atoms with van der Waals surface area (Å²) in [6, 6.07) is 5.36. The Morgan fingerprint density at radius 3 is 3.00 bits per heavy atom. The minimum absolute atomic E-state index is 0.433. The van der Waals surface area contributed by atoms with E-state index in [-0.39, 0.29) is 0 Å². The average Bonchev–Trinajstić information content (AvgIpc) is 2.27. The summed E-state index contributed by atoms with van der Waals surface area (Å²) in [5, 5.41) is 21.7. The molecule has 16 heavy (non-hydrogen) atoms. The van der Waals surface area contributed by atoms with Crippen molar-refractivity contribution in [3.8, 4) is 6.07 Å². The quantitative estimate of drug-likeness (QED) is 0.793. The number of hydrogen-bond donors (Lipinski definition) is 2. The number of nitrogens with one attached hydrogen (secondary N) is 1. The molecule has 2 N–H and O–H groups in total. The summed E-state index contributed by atoms with van der Waals surface area (Å²) in [6.45, 7) is 4.25. The van der Waals surface area contributed by atoms with Gasteiger partial charge in [0.25, 0.3) is 0 Å². The zero-order chi connectivity index (χ0) is 12.0. The normalized spacial score (nSPS) is 13.9. The Balaban J connectivity index is 2.58. The van der Waals surface area contributed by atoms with Crippen molar-refractivity contribution in [2.24, 2.45) is 0 Å². The highest BCUT2D eigenvalue weighted by molar-refractivity contribution is 5.42. The molecular weight excluding hydrogens is 202 g/mol. The van der Waals surface area contributed by atoms with Gasteiger partial charge in [-0.1, -0.05) is 13.3 Å². The first kappa shape index (κ1) is 12.5. The predicted octanol–water partition coefficient (Wildman–Crippen LogP) is 1.92. The molecule has 0 saturated carbocycles. The SMILES string of the molecule is CCCC(C)(O)CNc1cc(C#N)ccn1. The van der Waals surface area contributed by atoms with Gasteiger partial charge >= 0.3 is 0 Å². The largest absolute Gasteiger partial charge is 0.388 e. The molecule has 0 saturated heterocycles. The molecule has 0 bridgehead atoms. The van der Waals surface area contributed by atoms with Crippen molar-refractivity contribution in [1.29, 1.82) is 5.26 Å². The van der Waals surface area contributed by atoms with Crippen LogP contribution in [0.4, 0.5) is 5.82 Å². The molecule has 0 aliphatic rings. The zero-order valence-electron chi connectivity index (χ0n) is 9.70. The first-order chi connectivity index (χ1) is 7.57. The minimum Gasteiger partial charge on any atom is -0.388 e. The number of nitriles is 1. The fraction of sp³-hybridized carbons (Fsp3) is 0.500. The van der Waals surface area contributed by atoms with Crippen molar-refractivity contribution in [2.45, 2.75) is 32.3 Å². The summed E-state index contributed by atoms with van der Waals surface area (Å²) in [4.78, 5) is 4.08. The van der Waals surface area contributed by atoms with Gasteiger partial charge in [-0.2, -0.15) is 5.26 Å². The van der Waals surface area contributed by atoms with E-state index in [2.05, 4.69) is 10.3 Å². The molecule has 1 rings (SSSR count). The fourth-order valence-corrected chi connectivity index (χ4v) is 1.50. The summed E-state index contributed by atoms with van der Waals surface area (Å²) in [6.07, 6.45) is 3.24. The Labute approximate surface area is 95.9 Å². The summed E-state index contributed by atoms with van der Waals surface area (Å²) in [5.74, 6) is 0.621. The van der Waals surface area contributed by atoms with E-state index in [0.717, 1.165) is 12.8 Å². The molecule has 1 unspecified atom stereocenters. The molecule has 0 aliphatic carbocycles. The Kier molecular flexibility index (Phi) is 4.27. The summed E-state index contributed by atoms with van der Waals surface area (Å²) in [7, 11) is 0. The second kappa shape index (κ2) is 5.47. The molecule has 1 atom stereocenters. The van der Waals surface area contributed by atoms with Crippen LogP contribution >= 0.6 is 0 Å². The lowest BCUT2D eigenvalue weighted by atomic mass is 10.0. The molecule has 0 spiro atoms. The molecule has 1 heterocycles. The van der Waals surface area contributed by atoms with E-state index in [0.29, 0.717) is 17.9 Å². The second-order valence-corrected chi connectivity index (χ2v) is 4.14. The Bertz CT molecular complexity index is 382. The van der Waals surface area contributed by atoms with Crippen LogP contribution in [0.2, 0.25) is 0 Å². The van der Waals surface area contributed by atoms with Crippen LogP contribution in [0.5, 0.6) is 0 Å². The van der Waals surface area contributed by atoms with E-state index in [1.165, 1.54) is 0 Å². The van der Waals surface area contributed by atoms with E-state index in [4.69, 9.17) is 5.26 Å². The van der Waals surface area contributed by atoms with Crippen LogP contribution in [-0.4, -0.2) is 22.2 Å². The molecule has 1 aromatic heterocycles. The molecule has 0 fully saturated rings.